The second kappa shape index (κ2) is 10.2. The number of rotatable bonds is 7. The van der Waals surface area contributed by atoms with Gasteiger partial charge in [-0.1, -0.05) is 56.5 Å². The Morgan fingerprint density at radius 3 is 2.50 bits per heavy atom. The number of amides is 2. The van der Waals surface area contributed by atoms with Crippen molar-refractivity contribution in [3.63, 3.8) is 0 Å². The van der Waals surface area contributed by atoms with E-state index in [9.17, 15) is 14.4 Å². The number of nitrogens with one attached hydrogen (secondary N) is 1. The zero-order chi connectivity index (χ0) is 21.5. The number of benzene rings is 1. The Hall–Kier alpha value is -2.89. The number of carbonyl (C=O) groups is 2. The lowest BCUT2D eigenvalue weighted by molar-refractivity contribution is -0.122. The third-order valence-electron chi connectivity index (χ3n) is 5.78. The standard InChI is InChI=1S/C24H31N3O3/c1-18(19-9-5-3-6-10-19)15-26(2)24(30)20-13-14-23(29)27(16-20)17-22(28)25-21-11-7-4-8-12-21/h3,5-6,9-10,13-14,16,18,21H,4,7-8,11-12,15,17H2,1-2H3,(H,25,28)/t18-/m0/s1. The molecule has 1 aromatic heterocycles. The van der Waals surface area contributed by atoms with Gasteiger partial charge in [-0.25, -0.2) is 0 Å². The summed E-state index contributed by atoms with van der Waals surface area (Å²) < 4.78 is 1.32. The largest absolute Gasteiger partial charge is 0.352 e. The molecule has 1 aliphatic carbocycles. The number of nitrogens with zero attached hydrogens (tertiary/aromatic N) is 2. The van der Waals surface area contributed by atoms with Crippen LogP contribution in [0.3, 0.4) is 0 Å². The predicted molar refractivity (Wildman–Crippen MR) is 118 cm³/mol. The molecule has 1 fully saturated rings. The Bertz CT molecular complexity index is 917. The van der Waals surface area contributed by atoms with Gasteiger partial charge in [0.1, 0.15) is 6.54 Å². The summed E-state index contributed by atoms with van der Waals surface area (Å²) in [7, 11) is 1.76. The van der Waals surface area contributed by atoms with Gasteiger partial charge in [-0.3, -0.25) is 14.4 Å². The molecule has 1 saturated carbocycles. The highest BCUT2D eigenvalue weighted by atomic mass is 16.2. The van der Waals surface area contributed by atoms with Crippen molar-refractivity contribution in [2.75, 3.05) is 13.6 Å². The number of hydrogen-bond donors (Lipinski definition) is 1. The first kappa shape index (κ1) is 21.8. The van der Waals surface area contributed by atoms with Crippen LogP contribution in [0.4, 0.5) is 0 Å². The van der Waals surface area contributed by atoms with Gasteiger partial charge in [0.25, 0.3) is 11.5 Å². The minimum Gasteiger partial charge on any atom is -0.352 e. The molecule has 1 N–H and O–H groups in total. The maximum atomic E-state index is 12.9. The number of pyridine rings is 1. The number of likely N-dealkylation sites (N-methyl/N-ethyl adjacent to an activating group) is 1. The van der Waals surface area contributed by atoms with Crippen LogP contribution in [0.5, 0.6) is 0 Å². The van der Waals surface area contributed by atoms with E-state index in [2.05, 4.69) is 12.2 Å². The lowest BCUT2D eigenvalue weighted by atomic mass is 9.95. The van der Waals surface area contributed by atoms with Gasteiger partial charge in [0.2, 0.25) is 5.91 Å². The van der Waals surface area contributed by atoms with Crippen molar-refractivity contribution in [2.24, 2.45) is 0 Å². The van der Waals surface area contributed by atoms with E-state index in [0.29, 0.717) is 12.1 Å². The molecule has 160 valence electrons. The van der Waals surface area contributed by atoms with E-state index in [1.54, 1.807) is 11.9 Å². The minimum absolute atomic E-state index is 0.0689. The van der Waals surface area contributed by atoms with Crippen molar-refractivity contribution >= 4 is 11.8 Å². The van der Waals surface area contributed by atoms with Gasteiger partial charge in [-0.05, 0) is 30.4 Å². The second-order valence-corrected chi connectivity index (χ2v) is 8.28. The molecule has 6 heteroatoms. The van der Waals surface area contributed by atoms with Crippen molar-refractivity contribution < 1.29 is 9.59 Å². The molecule has 0 bridgehead atoms. The molecule has 0 radical (unpaired) electrons. The lowest BCUT2D eigenvalue weighted by Gasteiger charge is -2.23. The Morgan fingerprint density at radius 1 is 1.10 bits per heavy atom. The summed E-state index contributed by atoms with van der Waals surface area (Å²) in [5.41, 5.74) is 1.29. The van der Waals surface area contributed by atoms with Crippen LogP contribution in [0.1, 0.15) is 60.9 Å². The molecule has 3 rings (SSSR count). The molecule has 1 aromatic carbocycles. The average molecular weight is 410 g/mol. The zero-order valence-electron chi connectivity index (χ0n) is 17.8. The number of hydrogen-bond acceptors (Lipinski definition) is 3. The van der Waals surface area contributed by atoms with E-state index >= 15 is 0 Å². The Morgan fingerprint density at radius 2 is 1.80 bits per heavy atom. The lowest BCUT2D eigenvalue weighted by Crippen LogP contribution is -2.40. The number of carbonyl (C=O) groups excluding carboxylic acids is 2. The molecule has 0 spiro atoms. The molecular weight excluding hydrogens is 378 g/mol. The first-order chi connectivity index (χ1) is 14.4. The minimum atomic E-state index is -0.286. The maximum Gasteiger partial charge on any atom is 0.255 e. The van der Waals surface area contributed by atoms with Gasteiger partial charge < -0.3 is 14.8 Å². The molecule has 6 nitrogen and oxygen atoms in total. The van der Waals surface area contributed by atoms with Crippen LogP contribution in [0.25, 0.3) is 0 Å². The van der Waals surface area contributed by atoms with Gasteiger partial charge in [-0.2, -0.15) is 0 Å². The molecule has 0 unspecified atom stereocenters. The summed E-state index contributed by atoms with van der Waals surface area (Å²) in [6.07, 6.45) is 6.94. The fraction of sp³-hybridized carbons (Fsp3) is 0.458. The van der Waals surface area contributed by atoms with Crippen molar-refractivity contribution in [3.8, 4) is 0 Å². The van der Waals surface area contributed by atoms with Crippen LogP contribution < -0.4 is 10.9 Å². The monoisotopic (exact) mass is 409 g/mol. The highest BCUT2D eigenvalue weighted by Gasteiger charge is 2.19. The van der Waals surface area contributed by atoms with Gasteiger partial charge in [0.15, 0.2) is 0 Å². The van der Waals surface area contributed by atoms with E-state index in [1.807, 2.05) is 30.3 Å². The van der Waals surface area contributed by atoms with Crippen LogP contribution >= 0.6 is 0 Å². The van der Waals surface area contributed by atoms with Crippen LogP contribution in [-0.4, -0.2) is 40.9 Å². The molecule has 0 aliphatic heterocycles. The van der Waals surface area contributed by atoms with E-state index in [-0.39, 0.29) is 35.9 Å². The quantitative estimate of drug-likeness (QED) is 0.764. The maximum absolute atomic E-state index is 12.9. The summed E-state index contributed by atoms with van der Waals surface area (Å²) in [5.74, 6) is -0.161. The number of aromatic nitrogens is 1. The van der Waals surface area contributed by atoms with Crippen molar-refractivity contribution in [3.05, 3.63) is 70.1 Å². The predicted octanol–water partition coefficient (Wildman–Crippen LogP) is 3.17. The van der Waals surface area contributed by atoms with Gasteiger partial charge in [-0.15, -0.1) is 0 Å². The smallest absolute Gasteiger partial charge is 0.255 e. The Labute approximate surface area is 177 Å². The first-order valence-corrected chi connectivity index (χ1v) is 10.7. The molecule has 0 saturated heterocycles. The highest BCUT2D eigenvalue weighted by molar-refractivity contribution is 5.93. The van der Waals surface area contributed by atoms with Gasteiger partial charge in [0.05, 0.1) is 5.56 Å². The summed E-state index contributed by atoms with van der Waals surface area (Å²) in [6, 6.07) is 13.1. The molecule has 1 heterocycles. The highest BCUT2D eigenvalue weighted by Crippen LogP contribution is 2.18. The topological polar surface area (TPSA) is 71.4 Å². The molecule has 2 amide bonds. The Balaban J connectivity index is 1.63. The van der Waals surface area contributed by atoms with Gasteiger partial charge >= 0.3 is 0 Å². The summed E-state index contributed by atoms with van der Waals surface area (Å²) >= 11 is 0. The van der Waals surface area contributed by atoms with Crippen LogP contribution in [0.15, 0.2) is 53.5 Å². The van der Waals surface area contributed by atoms with Gasteiger partial charge in [0, 0.05) is 31.9 Å². The summed E-state index contributed by atoms with van der Waals surface area (Å²) in [5, 5.41) is 3.02. The molecule has 1 atom stereocenters. The van der Waals surface area contributed by atoms with Crippen molar-refractivity contribution in [1.29, 1.82) is 0 Å². The molecular formula is C24H31N3O3. The van der Waals surface area contributed by atoms with Crippen LogP contribution in [-0.2, 0) is 11.3 Å². The Kier molecular flexibility index (Phi) is 7.44. The molecule has 1 aliphatic rings. The van der Waals surface area contributed by atoms with Crippen molar-refractivity contribution in [1.82, 2.24) is 14.8 Å². The fourth-order valence-corrected chi connectivity index (χ4v) is 4.06. The van der Waals surface area contributed by atoms with Crippen LogP contribution in [0, 0.1) is 0 Å². The third kappa shape index (κ3) is 5.81. The van der Waals surface area contributed by atoms with E-state index in [4.69, 9.17) is 0 Å². The van der Waals surface area contributed by atoms with E-state index < -0.39 is 0 Å². The fourth-order valence-electron chi connectivity index (χ4n) is 4.06. The van der Waals surface area contributed by atoms with E-state index in [0.717, 1.165) is 25.7 Å². The summed E-state index contributed by atoms with van der Waals surface area (Å²) in [4.78, 5) is 39.1. The average Bonchev–Trinajstić information content (AvgIpc) is 2.76. The second-order valence-electron chi connectivity index (χ2n) is 8.28. The summed E-state index contributed by atoms with van der Waals surface area (Å²) in [6.45, 7) is 2.57. The molecule has 30 heavy (non-hydrogen) atoms. The normalized spacial score (nSPS) is 15.4. The molecule has 2 aromatic rings. The van der Waals surface area contributed by atoms with Crippen molar-refractivity contribution in [2.45, 2.75) is 57.5 Å². The SMILES string of the molecule is C[C@@H](CN(C)C(=O)c1ccc(=O)n(CC(=O)NC2CCCCC2)c1)c1ccccc1. The third-order valence-corrected chi connectivity index (χ3v) is 5.78. The van der Waals surface area contributed by atoms with Crippen LogP contribution in [0.2, 0.25) is 0 Å². The zero-order valence-corrected chi connectivity index (χ0v) is 17.8. The first-order valence-electron chi connectivity index (χ1n) is 10.7. The van der Waals surface area contributed by atoms with E-state index in [1.165, 1.54) is 34.9 Å².